The minimum atomic E-state index is -1.15. The van der Waals surface area contributed by atoms with Crippen molar-refractivity contribution in [1.29, 1.82) is 0 Å². The van der Waals surface area contributed by atoms with E-state index in [9.17, 15) is 19.8 Å². The Hall–Kier alpha value is -2.93. The molecule has 0 aliphatic carbocycles. The first-order valence-corrected chi connectivity index (χ1v) is 8.03. The highest BCUT2D eigenvalue weighted by molar-refractivity contribution is 7.09. The Morgan fingerprint density at radius 1 is 1.08 bits per heavy atom. The number of carbonyl (C=O) groups is 2. The van der Waals surface area contributed by atoms with Gasteiger partial charge in [0.15, 0.2) is 0 Å². The maximum Gasteiger partial charge on any atom is 0.334 e. The lowest BCUT2D eigenvalue weighted by atomic mass is 9.90. The molecule has 0 bridgehead atoms. The van der Waals surface area contributed by atoms with Crippen molar-refractivity contribution in [2.75, 3.05) is 0 Å². The summed E-state index contributed by atoms with van der Waals surface area (Å²) in [6, 6.07) is 9.43. The maximum absolute atomic E-state index is 11.7. The van der Waals surface area contributed by atoms with Crippen LogP contribution in [0.4, 0.5) is 0 Å². The van der Waals surface area contributed by atoms with Crippen molar-refractivity contribution in [1.82, 2.24) is 9.88 Å². The lowest BCUT2D eigenvalue weighted by Crippen LogP contribution is -2.27. The van der Waals surface area contributed by atoms with Crippen LogP contribution in [0.25, 0.3) is 0 Å². The molecular weight excluding hydrogens is 328 g/mol. The molecule has 1 aliphatic heterocycles. The van der Waals surface area contributed by atoms with Crippen molar-refractivity contribution in [2.24, 2.45) is 0 Å². The number of rotatable bonds is 5. The molecule has 0 saturated heterocycles. The summed E-state index contributed by atoms with van der Waals surface area (Å²) >= 11 is 1.24. The topological polar surface area (TPSA) is 90.7 Å². The monoisotopic (exact) mass is 342 g/mol. The molecule has 7 heteroatoms. The van der Waals surface area contributed by atoms with E-state index in [2.05, 4.69) is 4.98 Å². The summed E-state index contributed by atoms with van der Waals surface area (Å²) in [7, 11) is 0. The van der Waals surface area contributed by atoms with Gasteiger partial charge in [-0.05, 0) is 5.56 Å². The summed E-state index contributed by atoms with van der Waals surface area (Å²) < 4.78 is 0. The number of carboxylic acids is 2. The van der Waals surface area contributed by atoms with Crippen LogP contribution >= 0.6 is 11.3 Å². The molecule has 0 amide bonds. The van der Waals surface area contributed by atoms with Crippen LogP contribution in [0.1, 0.15) is 16.5 Å². The van der Waals surface area contributed by atoms with Gasteiger partial charge in [0.25, 0.3) is 0 Å². The van der Waals surface area contributed by atoms with E-state index >= 15 is 0 Å². The molecule has 6 nitrogen and oxygen atoms in total. The second-order valence-corrected chi connectivity index (χ2v) is 6.17. The molecule has 0 fully saturated rings. The average Bonchev–Trinajstić information content (AvgIpc) is 3.09. The normalized spacial score (nSPS) is 14.9. The summed E-state index contributed by atoms with van der Waals surface area (Å²) in [6.45, 7) is 0.388. The van der Waals surface area contributed by atoms with Gasteiger partial charge in [-0.3, -0.25) is 0 Å². The molecule has 2 heterocycles. The van der Waals surface area contributed by atoms with Gasteiger partial charge in [0.1, 0.15) is 5.01 Å². The molecule has 0 unspecified atom stereocenters. The van der Waals surface area contributed by atoms with Gasteiger partial charge in [-0.25, -0.2) is 14.6 Å². The first kappa shape index (κ1) is 15.9. The highest BCUT2D eigenvalue weighted by atomic mass is 32.1. The number of benzene rings is 1. The molecule has 1 aromatic carbocycles. The second kappa shape index (κ2) is 6.67. The van der Waals surface area contributed by atoms with Gasteiger partial charge in [0.2, 0.25) is 0 Å². The average molecular weight is 342 g/mol. The predicted octanol–water partition coefficient (Wildman–Crippen LogP) is 2.68. The van der Waals surface area contributed by atoms with Crippen LogP contribution in [-0.2, 0) is 16.1 Å². The molecule has 0 radical (unpaired) electrons. The fourth-order valence-electron chi connectivity index (χ4n) is 2.60. The Balaban J connectivity index is 2.01. The predicted molar refractivity (Wildman–Crippen MR) is 88.3 cm³/mol. The van der Waals surface area contributed by atoms with Crippen LogP contribution in [0.15, 0.2) is 65.5 Å². The Morgan fingerprint density at radius 3 is 2.21 bits per heavy atom. The van der Waals surface area contributed by atoms with Gasteiger partial charge in [-0.2, -0.15) is 0 Å². The van der Waals surface area contributed by atoms with Crippen molar-refractivity contribution in [2.45, 2.75) is 12.5 Å². The third-order valence-electron chi connectivity index (χ3n) is 3.63. The van der Waals surface area contributed by atoms with E-state index in [4.69, 9.17) is 0 Å². The fraction of sp³-hybridized carbons (Fsp3) is 0.118. The molecule has 122 valence electrons. The molecular formula is C17H14N2O4S. The highest BCUT2D eigenvalue weighted by Gasteiger charge is 2.35. The number of carboxylic acid groups (broad SMARTS) is 2. The molecule has 24 heavy (non-hydrogen) atoms. The van der Waals surface area contributed by atoms with E-state index in [0.717, 1.165) is 5.56 Å². The summed E-state index contributed by atoms with van der Waals surface area (Å²) in [5.41, 5.74) is 0.953. The minimum absolute atomic E-state index is 0.000723. The Kier molecular flexibility index (Phi) is 4.43. The van der Waals surface area contributed by atoms with Gasteiger partial charge < -0.3 is 15.1 Å². The van der Waals surface area contributed by atoms with Crippen molar-refractivity contribution >= 4 is 23.3 Å². The van der Waals surface area contributed by atoms with Gasteiger partial charge in [-0.1, -0.05) is 30.3 Å². The first-order valence-electron chi connectivity index (χ1n) is 7.15. The molecule has 0 spiro atoms. The largest absolute Gasteiger partial charge is 0.478 e. The lowest BCUT2D eigenvalue weighted by Gasteiger charge is -2.27. The first-order chi connectivity index (χ1) is 11.6. The number of aliphatic carboxylic acids is 2. The Labute approximate surface area is 142 Å². The summed E-state index contributed by atoms with van der Waals surface area (Å²) in [5, 5.41) is 21.3. The van der Waals surface area contributed by atoms with Gasteiger partial charge in [-0.15, -0.1) is 11.3 Å². The zero-order chi connectivity index (χ0) is 17.1. The molecule has 0 saturated carbocycles. The number of thiazole rings is 1. The van der Waals surface area contributed by atoms with Crippen molar-refractivity contribution in [3.05, 3.63) is 76.0 Å². The SMILES string of the molecule is O=C(O)C1=CN(Cc2ccccc2)C=C(C(=O)O)C1c1nccs1. The smallest absolute Gasteiger partial charge is 0.334 e. The van der Waals surface area contributed by atoms with Gasteiger partial charge >= 0.3 is 11.9 Å². The molecule has 1 aromatic heterocycles. The molecule has 0 atom stereocenters. The van der Waals surface area contributed by atoms with Crippen LogP contribution in [0.2, 0.25) is 0 Å². The van der Waals surface area contributed by atoms with Gasteiger partial charge in [0, 0.05) is 30.5 Å². The van der Waals surface area contributed by atoms with Crippen LogP contribution in [0, 0.1) is 0 Å². The van der Waals surface area contributed by atoms with Crippen molar-refractivity contribution in [3.63, 3.8) is 0 Å². The van der Waals surface area contributed by atoms with E-state index in [-0.39, 0.29) is 11.1 Å². The maximum atomic E-state index is 11.7. The third-order valence-corrected chi connectivity index (χ3v) is 4.47. The van der Waals surface area contributed by atoms with E-state index in [1.807, 2.05) is 30.3 Å². The van der Waals surface area contributed by atoms with E-state index in [0.29, 0.717) is 11.6 Å². The van der Waals surface area contributed by atoms with Gasteiger partial charge in [0.05, 0.1) is 17.1 Å². The zero-order valence-electron chi connectivity index (χ0n) is 12.5. The molecule has 2 aromatic rings. The summed E-state index contributed by atoms with van der Waals surface area (Å²) in [6.07, 6.45) is 4.50. The number of nitrogens with zero attached hydrogens (tertiary/aromatic N) is 2. The van der Waals surface area contributed by atoms with Crippen LogP contribution in [0.3, 0.4) is 0 Å². The van der Waals surface area contributed by atoms with E-state index in [1.165, 1.54) is 29.9 Å². The summed E-state index contributed by atoms with van der Waals surface area (Å²) in [5.74, 6) is -3.17. The molecule has 1 aliphatic rings. The van der Waals surface area contributed by atoms with Crippen LogP contribution in [-0.4, -0.2) is 32.0 Å². The van der Waals surface area contributed by atoms with Crippen LogP contribution in [0.5, 0.6) is 0 Å². The molecule has 3 rings (SSSR count). The third kappa shape index (κ3) is 3.21. The Morgan fingerprint density at radius 2 is 1.71 bits per heavy atom. The fourth-order valence-corrected chi connectivity index (χ4v) is 3.37. The standard InChI is InChI=1S/C17H14N2O4S/c20-16(21)12-9-19(8-11-4-2-1-3-5-11)10-13(17(22)23)14(12)15-18-6-7-24-15/h1-7,9-10,14H,8H2,(H,20,21)(H,22,23). The van der Waals surface area contributed by atoms with E-state index in [1.54, 1.807) is 10.3 Å². The van der Waals surface area contributed by atoms with E-state index < -0.39 is 17.9 Å². The van der Waals surface area contributed by atoms with Crippen molar-refractivity contribution < 1.29 is 19.8 Å². The zero-order valence-corrected chi connectivity index (χ0v) is 13.3. The molecule has 2 N–H and O–H groups in total. The Bertz CT molecular complexity index is 780. The number of hydrogen-bond donors (Lipinski definition) is 2. The lowest BCUT2D eigenvalue weighted by molar-refractivity contribution is -0.133. The summed E-state index contributed by atoms with van der Waals surface area (Å²) in [4.78, 5) is 29.1. The van der Waals surface area contributed by atoms with Crippen LogP contribution < -0.4 is 0 Å². The minimum Gasteiger partial charge on any atom is -0.478 e. The quantitative estimate of drug-likeness (QED) is 0.868. The highest BCUT2D eigenvalue weighted by Crippen LogP contribution is 2.37. The number of aromatic nitrogens is 1. The van der Waals surface area contributed by atoms with Crippen molar-refractivity contribution in [3.8, 4) is 0 Å². The second-order valence-electron chi connectivity index (χ2n) is 5.24. The number of hydrogen-bond acceptors (Lipinski definition) is 5.